The highest BCUT2D eigenvalue weighted by Gasteiger charge is 2.27. The molecule has 2 heterocycles. The van der Waals surface area contributed by atoms with E-state index in [1.165, 1.54) is 4.90 Å². The molecule has 0 aliphatic carbocycles. The number of rotatable bonds is 6. The van der Waals surface area contributed by atoms with Crippen molar-refractivity contribution in [1.29, 1.82) is 0 Å². The van der Waals surface area contributed by atoms with E-state index < -0.39 is 0 Å². The summed E-state index contributed by atoms with van der Waals surface area (Å²) in [6.45, 7) is 4.16. The minimum absolute atomic E-state index is 0.0666. The van der Waals surface area contributed by atoms with Gasteiger partial charge >= 0.3 is 6.03 Å². The van der Waals surface area contributed by atoms with Crippen LogP contribution in [0.5, 0.6) is 11.5 Å². The summed E-state index contributed by atoms with van der Waals surface area (Å²) in [4.78, 5) is 28.7. The topological polar surface area (TPSA) is 104 Å². The summed E-state index contributed by atoms with van der Waals surface area (Å²) in [5, 5.41) is 8.74. The van der Waals surface area contributed by atoms with E-state index in [1.54, 1.807) is 0 Å². The zero-order valence-electron chi connectivity index (χ0n) is 14.0. The Labute approximate surface area is 145 Å². The molecule has 1 aromatic rings. The number of ether oxygens (including phenoxy) is 2. The van der Waals surface area contributed by atoms with Crippen LogP contribution in [0.3, 0.4) is 0 Å². The molecule has 0 saturated carbocycles. The van der Waals surface area contributed by atoms with Crippen LogP contribution in [-0.4, -0.2) is 55.8 Å². The number of carbonyl (C=O) groups is 2. The second-order valence-electron chi connectivity index (χ2n) is 5.51. The maximum Gasteiger partial charge on any atom is 0.324 e. The molecule has 1 fully saturated rings. The summed E-state index contributed by atoms with van der Waals surface area (Å²) in [5.74, 6) is 1.87. The van der Waals surface area contributed by atoms with E-state index in [2.05, 4.69) is 20.9 Å². The van der Waals surface area contributed by atoms with Gasteiger partial charge in [-0.2, -0.15) is 0 Å². The third-order valence-corrected chi connectivity index (χ3v) is 3.77. The lowest BCUT2D eigenvalue weighted by Crippen LogP contribution is -2.43. The molecule has 2 aliphatic rings. The fraction of sp³-hybridized carbons (Fsp3) is 0.438. The van der Waals surface area contributed by atoms with Crippen molar-refractivity contribution in [2.45, 2.75) is 13.5 Å². The SMILES string of the molecule is CCNC(=NCc1ccc2c(c1)OCO2)NCCN1C(=O)CNC1=O. The smallest absolute Gasteiger partial charge is 0.324 e. The van der Waals surface area contributed by atoms with E-state index in [-0.39, 0.29) is 25.3 Å². The largest absolute Gasteiger partial charge is 0.454 e. The van der Waals surface area contributed by atoms with Crippen molar-refractivity contribution in [2.24, 2.45) is 4.99 Å². The van der Waals surface area contributed by atoms with Gasteiger partial charge in [0.05, 0.1) is 13.1 Å². The highest BCUT2D eigenvalue weighted by atomic mass is 16.7. The van der Waals surface area contributed by atoms with E-state index in [0.29, 0.717) is 32.1 Å². The van der Waals surface area contributed by atoms with E-state index in [9.17, 15) is 9.59 Å². The molecule has 0 radical (unpaired) electrons. The van der Waals surface area contributed by atoms with Gasteiger partial charge < -0.3 is 25.4 Å². The molecule has 3 amide bonds. The molecule has 2 aliphatic heterocycles. The van der Waals surface area contributed by atoms with E-state index in [0.717, 1.165) is 17.1 Å². The first-order chi connectivity index (χ1) is 12.2. The number of benzene rings is 1. The van der Waals surface area contributed by atoms with Crippen LogP contribution in [-0.2, 0) is 11.3 Å². The molecule has 3 N–H and O–H groups in total. The monoisotopic (exact) mass is 347 g/mol. The third kappa shape index (κ3) is 4.11. The Kier molecular flexibility index (Phi) is 5.22. The second-order valence-corrected chi connectivity index (χ2v) is 5.51. The van der Waals surface area contributed by atoms with Gasteiger partial charge in [0, 0.05) is 19.6 Å². The summed E-state index contributed by atoms with van der Waals surface area (Å²) < 4.78 is 10.6. The summed E-state index contributed by atoms with van der Waals surface area (Å²) in [7, 11) is 0. The Hall–Kier alpha value is -2.97. The number of aliphatic imine (C=N–C) groups is 1. The predicted molar refractivity (Wildman–Crippen MR) is 90.5 cm³/mol. The first kappa shape index (κ1) is 16.9. The molecular formula is C16H21N5O4. The zero-order chi connectivity index (χ0) is 17.6. The van der Waals surface area contributed by atoms with Crippen molar-refractivity contribution in [1.82, 2.24) is 20.9 Å². The predicted octanol–water partition coefficient (Wildman–Crippen LogP) is 0.0222. The quantitative estimate of drug-likeness (QED) is 0.381. The number of carbonyl (C=O) groups excluding carboxylic acids is 2. The van der Waals surface area contributed by atoms with Crippen molar-refractivity contribution in [2.75, 3.05) is 33.0 Å². The van der Waals surface area contributed by atoms with Crippen LogP contribution in [0.15, 0.2) is 23.2 Å². The number of guanidine groups is 1. The first-order valence-corrected chi connectivity index (χ1v) is 8.16. The molecule has 25 heavy (non-hydrogen) atoms. The molecule has 9 nitrogen and oxygen atoms in total. The Morgan fingerprint density at radius 2 is 2.12 bits per heavy atom. The average molecular weight is 347 g/mol. The molecular weight excluding hydrogens is 326 g/mol. The average Bonchev–Trinajstić information content (AvgIpc) is 3.20. The third-order valence-electron chi connectivity index (χ3n) is 3.77. The number of imide groups is 1. The normalized spacial score (nSPS) is 16.2. The van der Waals surface area contributed by atoms with Crippen LogP contribution < -0.4 is 25.4 Å². The van der Waals surface area contributed by atoms with E-state index in [4.69, 9.17) is 9.47 Å². The molecule has 1 aromatic carbocycles. The number of fused-ring (bicyclic) bond motifs is 1. The lowest BCUT2D eigenvalue weighted by molar-refractivity contribution is -0.124. The Morgan fingerprint density at radius 1 is 1.28 bits per heavy atom. The van der Waals surface area contributed by atoms with Gasteiger partial charge in [0.25, 0.3) is 0 Å². The summed E-state index contributed by atoms with van der Waals surface area (Å²) in [6, 6.07) is 5.36. The summed E-state index contributed by atoms with van der Waals surface area (Å²) >= 11 is 0. The fourth-order valence-electron chi connectivity index (χ4n) is 2.52. The zero-order valence-corrected chi connectivity index (χ0v) is 14.0. The number of nitrogens with one attached hydrogen (secondary N) is 3. The number of hydrogen-bond donors (Lipinski definition) is 3. The highest BCUT2D eigenvalue weighted by Crippen LogP contribution is 2.32. The molecule has 134 valence electrons. The van der Waals surface area contributed by atoms with Gasteiger partial charge in [-0.05, 0) is 24.6 Å². The van der Waals surface area contributed by atoms with Crippen LogP contribution >= 0.6 is 0 Å². The molecule has 0 unspecified atom stereocenters. The Morgan fingerprint density at radius 3 is 2.88 bits per heavy atom. The number of hydrogen-bond acceptors (Lipinski definition) is 5. The molecule has 0 aromatic heterocycles. The highest BCUT2D eigenvalue weighted by molar-refractivity contribution is 6.01. The van der Waals surface area contributed by atoms with Gasteiger partial charge in [0.1, 0.15) is 0 Å². The second kappa shape index (κ2) is 7.73. The van der Waals surface area contributed by atoms with Crippen molar-refractivity contribution in [3.63, 3.8) is 0 Å². The number of amides is 3. The summed E-state index contributed by atoms with van der Waals surface area (Å²) in [5.41, 5.74) is 0.996. The van der Waals surface area contributed by atoms with Gasteiger partial charge in [-0.3, -0.25) is 9.69 Å². The Balaban J connectivity index is 1.54. The number of urea groups is 1. The molecule has 0 atom stereocenters. The molecule has 0 spiro atoms. The molecule has 3 rings (SSSR count). The number of nitrogens with zero attached hydrogens (tertiary/aromatic N) is 2. The summed E-state index contributed by atoms with van der Waals surface area (Å²) in [6.07, 6.45) is 0. The Bertz CT molecular complexity index is 675. The minimum Gasteiger partial charge on any atom is -0.454 e. The lowest BCUT2D eigenvalue weighted by Gasteiger charge is -2.15. The van der Waals surface area contributed by atoms with Gasteiger partial charge in [-0.15, -0.1) is 0 Å². The van der Waals surface area contributed by atoms with Crippen LogP contribution in [0.1, 0.15) is 12.5 Å². The van der Waals surface area contributed by atoms with Gasteiger partial charge in [0.2, 0.25) is 12.7 Å². The van der Waals surface area contributed by atoms with Crippen molar-refractivity contribution >= 4 is 17.9 Å². The van der Waals surface area contributed by atoms with Crippen LogP contribution in [0, 0.1) is 0 Å². The molecule has 9 heteroatoms. The molecule has 0 bridgehead atoms. The van der Waals surface area contributed by atoms with E-state index in [1.807, 2.05) is 25.1 Å². The lowest BCUT2D eigenvalue weighted by atomic mass is 10.2. The van der Waals surface area contributed by atoms with Crippen LogP contribution in [0.2, 0.25) is 0 Å². The van der Waals surface area contributed by atoms with Gasteiger partial charge in [-0.25, -0.2) is 9.79 Å². The van der Waals surface area contributed by atoms with E-state index >= 15 is 0 Å². The van der Waals surface area contributed by atoms with Crippen LogP contribution in [0.25, 0.3) is 0 Å². The van der Waals surface area contributed by atoms with Crippen LogP contribution in [0.4, 0.5) is 4.79 Å². The van der Waals surface area contributed by atoms with Crippen molar-refractivity contribution in [3.05, 3.63) is 23.8 Å². The first-order valence-electron chi connectivity index (χ1n) is 8.16. The fourth-order valence-corrected chi connectivity index (χ4v) is 2.52. The van der Waals surface area contributed by atoms with Crippen molar-refractivity contribution < 1.29 is 19.1 Å². The maximum absolute atomic E-state index is 11.5. The minimum atomic E-state index is -0.353. The standard InChI is InChI=1S/C16H21N5O4/c1-2-17-15(18-5-6-21-14(22)9-20-16(21)23)19-8-11-3-4-12-13(7-11)25-10-24-12/h3-4,7H,2,5-6,8-10H2,1H3,(H,20,23)(H2,17,18,19). The van der Waals surface area contributed by atoms with Crippen molar-refractivity contribution in [3.8, 4) is 11.5 Å². The van der Waals surface area contributed by atoms with Gasteiger partial charge in [0.15, 0.2) is 17.5 Å². The molecule has 1 saturated heterocycles. The maximum atomic E-state index is 11.5. The van der Waals surface area contributed by atoms with Gasteiger partial charge in [-0.1, -0.05) is 6.07 Å².